The average Bonchev–Trinajstić information content (AvgIpc) is 3.18. The maximum atomic E-state index is 13.6. The van der Waals surface area contributed by atoms with Crippen LogP contribution in [0.25, 0.3) is 0 Å². The molecular formula is C41H49IO14Si. The normalized spacial score (nSPS) is 27.8. The van der Waals surface area contributed by atoms with Gasteiger partial charge in [-0.05, 0) is 54.5 Å². The fraction of sp³-hybridized carbons (Fsp3) is 0.463. The molecule has 14 nitrogen and oxygen atoms in total. The van der Waals surface area contributed by atoms with Crippen LogP contribution in [0.3, 0.4) is 0 Å². The van der Waals surface area contributed by atoms with E-state index in [1.807, 2.05) is 35.7 Å². The van der Waals surface area contributed by atoms with Crippen LogP contribution in [0.2, 0.25) is 18.1 Å². The number of aliphatic hydroxyl groups excluding tert-OH is 2. The molecule has 308 valence electrons. The second-order valence-electron chi connectivity index (χ2n) is 15.2. The number of alkyl halides is 1. The Morgan fingerprint density at radius 3 is 1.56 bits per heavy atom. The van der Waals surface area contributed by atoms with Crippen LogP contribution >= 0.6 is 22.6 Å². The predicted octanol–water partition coefficient (Wildman–Crippen LogP) is 5.24. The Morgan fingerprint density at radius 1 is 0.667 bits per heavy atom. The third-order valence-electron chi connectivity index (χ3n) is 10.1. The van der Waals surface area contributed by atoms with Crippen molar-refractivity contribution in [3.05, 3.63) is 108 Å². The number of rotatable bonds is 13. The molecule has 57 heavy (non-hydrogen) atoms. The van der Waals surface area contributed by atoms with E-state index in [1.165, 1.54) is 43.3 Å². The Kier molecular flexibility index (Phi) is 15.0. The van der Waals surface area contributed by atoms with Crippen molar-refractivity contribution in [2.75, 3.05) is 13.2 Å². The first kappa shape index (κ1) is 44.4. The van der Waals surface area contributed by atoms with Crippen molar-refractivity contribution in [3.63, 3.8) is 0 Å². The fourth-order valence-corrected chi connectivity index (χ4v) is 8.04. The standard InChI is InChI=1S/C41H49IO14Si/c1-24(43)49-22-28-32(56-57(5,6)41(2,3)4)31(44)30(42)40(52-28)50-23-29-33(53-36(45)25-16-10-7-11-17-25)34(54-37(46)26-18-12-8-13-19-26)35(39(48)51-29)55-38(47)27-20-14-9-15-21-27/h7-21,28-35,39-40,44,48H,22-23H2,1-6H3/t28-,29-,30-,31-,32-,33-,34+,35-,39+,40-/m1/s1. The molecule has 3 aromatic rings. The molecular weight excluding hydrogens is 871 g/mol. The molecule has 0 bridgehead atoms. The highest BCUT2D eigenvalue weighted by Crippen LogP contribution is 2.41. The van der Waals surface area contributed by atoms with Crippen molar-refractivity contribution in [1.82, 2.24) is 0 Å². The third-order valence-corrected chi connectivity index (χ3v) is 15.9. The van der Waals surface area contributed by atoms with Crippen LogP contribution in [-0.2, 0) is 42.4 Å². The Balaban J connectivity index is 1.46. The SMILES string of the molecule is CC(=O)OC[C@H]1O[C@@H](OC[C@H]2O[C@H](O)[C@H](OC(=O)c3ccccc3)[C@@H](OC(=O)c3ccccc3)[C@@H]2OC(=O)c2ccccc2)[C@H](I)[C@@H](O)[C@@H]1O[Si](C)(C)C(C)(C)C. The first-order valence-corrected chi connectivity index (χ1v) is 22.6. The fourth-order valence-electron chi connectivity index (χ4n) is 5.93. The van der Waals surface area contributed by atoms with E-state index in [9.17, 15) is 29.4 Å². The van der Waals surface area contributed by atoms with Crippen LogP contribution in [0.15, 0.2) is 91.0 Å². The summed E-state index contributed by atoms with van der Waals surface area (Å²) >= 11 is 1.99. The van der Waals surface area contributed by atoms with Crippen LogP contribution in [0, 0.1) is 0 Å². The number of halogens is 1. The molecule has 5 rings (SSSR count). The average molecular weight is 921 g/mol. The molecule has 2 heterocycles. The molecule has 0 unspecified atom stereocenters. The largest absolute Gasteiger partial charge is 0.463 e. The van der Waals surface area contributed by atoms with Gasteiger partial charge in [-0.2, -0.15) is 0 Å². The van der Waals surface area contributed by atoms with Gasteiger partial charge in [-0.3, -0.25) is 4.79 Å². The number of benzene rings is 3. The van der Waals surface area contributed by atoms with Gasteiger partial charge >= 0.3 is 23.9 Å². The van der Waals surface area contributed by atoms with Crippen molar-refractivity contribution in [3.8, 4) is 0 Å². The lowest BCUT2D eigenvalue weighted by Gasteiger charge is -2.48. The summed E-state index contributed by atoms with van der Waals surface area (Å²) in [5.74, 6) is -3.11. The van der Waals surface area contributed by atoms with Gasteiger partial charge in [0.1, 0.15) is 24.9 Å². The zero-order valence-corrected chi connectivity index (χ0v) is 35.7. The summed E-state index contributed by atoms with van der Waals surface area (Å²) in [6.45, 7) is 10.8. The number of hydrogen-bond donors (Lipinski definition) is 2. The van der Waals surface area contributed by atoms with Crippen LogP contribution in [0.1, 0.15) is 58.8 Å². The molecule has 2 aliphatic rings. The molecule has 2 N–H and O–H groups in total. The first-order valence-electron chi connectivity index (χ1n) is 18.5. The quantitative estimate of drug-likeness (QED) is 0.0747. The molecule has 16 heteroatoms. The lowest BCUT2D eigenvalue weighted by atomic mass is 9.97. The molecule has 0 saturated carbocycles. The van der Waals surface area contributed by atoms with Crippen LogP contribution in [-0.4, -0.2) is 115 Å². The number of esters is 4. The molecule has 0 amide bonds. The summed E-state index contributed by atoms with van der Waals surface area (Å²) in [5.41, 5.74) is 0.431. The molecule has 0 aliphatic carbocycles. The smallest absolute Gasteiger partial charge is 0.338 e. The second-order valence-corrected chi connectivity index (χ2v) is 21.4. The van der Waals surface area contributed by atoms with Gasteiger partial charge in [-0.1, -0.05) is 98.0 Å². The van der Waals surface area contributed by atoms with E-state index < -0.39 is 98.0 Å². The zero-order chi connectivity index (χ0) is 41.5. The van der Waals surface area contributed by atoms with Crippen molar-refractivity contribution < 1.29 is 67.0 Å². The van der Waals surface area contributed by atoms with E-state index in [2.05, 4.69) is 20.8 Å². The molecule has 10 atom stereocenters. The minimum atomic E-state index is -2.47. The molecule has 2 saturated heterocycles. The number of aliphatic hydroxyl groups is 2. The number of hydrogen-bond acceptors (Lipinski definition) is 14. The number of carbonyl (C=O) groups is 4. The van der Waals surface area contributed by atoms with Crippen molar-refractivity contribution in [2.24, 2.45) is 0 Å². The first-order chi connectivity index (χ1) is 27.0. The maximum absolute atomic E-state index is 13.6. The van der Waals surface area contributed by atoms with Gasteiger partial charge in [0.25, 0.3) is 0 Å². The summed E-state index contributed by atoms with van der Waals surface area (Å²) in [6, 6.07) is 24.0. The van der Waals surface area contributed by atoms with Gasteiger partial charge in [-0.15, -0.1) is 0 Å². The highest BCUT2D eigenvalue weighted by atomic mass is 127. The topological polar surface area (TPSA) is 183 Å². The zero-order valence-electron chi connectivity index (χ0n) is 32.5. The summed E-state index contributed by atoms with van der Waals surface area (Å²) in [7, 11) is -2.47. The summed E-state index contributed by atoms with van der Waals surface area (Å²) in [5, 5.41) is 22.9. The van der Waals surface area contributed by atoms with Crippen LogP contribution in [0.5, 0.6) is 0 Å². The van der Waals surface area contributed by atoms with Gasteiger partial charge in [0.15, 0.2) is 39.2 Å². The summed E-state index contributed by atoms with van der Waals surface area (Å²) in [6.07, 6.45) is -12.2. The highest BCUT2D eigenvalue weighted by Gasteiger charge is 2.54. The van der Waals surface area contributed by atoms with E-state index in [-0.39, 0.29) is 28.3 Å². The molecule has 0 spiro atoms. The molecule has 3 aromatic carbocycles. The van der Waals surface area contributed by atoms with Crippen LogP contribution < -0.4 is 0 Å². The van der Waals surface area contributed by atoms with Gasteiger partial charge in [-0.25, -0.2) is 14.4 Å². The van der Waals surface area contributed by atoms with Crippen LogP contribution in [0.4, 0.5) is 0 Å². The lowest BCUT2D eigenvalue weighted by Crippen LogP contribution is -2.64. The molecule has 0 aromatic heterocycles. The van der Waals surface area contributed by atoms with Crippen molar-refractivity contribution in [1.29, 1.82) is 0 Å². The van der Waals surface area contributed by atoms with E-state index >= 15 is 0 Å². The van der Waals surface area contributed by atoms with E-state index in [4.69, 9.17) is 37.6 Å². The minimum absolute atomic E-state index is 0.137. The third kappa shape index (κ3) is 11.3. The molecule has 2 aliphatic heterocycles. The second kappa shape index (κ2) is 19.3. The molecule has 0 radical (unpaired) electrons. The Bertz CT molecular complexity index is 1810. The van der Waals surface area contributed by atoms with Crippen molar-refractivity contribution >= 4 is 54.8 Å². The van der Waals surface area contributed by atoms with Gasteiger partial charge < -0.3 is 47.8 Å². The minimum Gasteiger partial charge on any atom is -0.463 e. The van der Waals surface area contributed by atoms with Crippen molar-refractivity contribution in [2.45, 2.75) is 105 Å². The Morgan fingerprint density at radius 2 is 1.11 bits per heavy atom. The lowest BCUT2D eigenvalue weighted by molar-refractivity contribution is -0.303. The number of carbonyl (C=O) groups excluding carboxylic acids is 4. The van der Waals surface area contributed by atoms with Gasteiger partial charge in [0.2, 0.25) is 0 Å². The molecule has 2 fully saturated rings. The monoisotopic (exact) mass is 920 g/mol. The van der Waals surface area contributed by atoms with E-state index in [0.29, 0.717) is 0 Å². The predicted molar refractivity (Wildman–Crippen MR) is 215 cm³/mol. The summed E-state index contributed by atoms with van der Waals surface area (Å²) < 4.78 is 47.4. The van der Waals surface area contributed by atoms with Gasteiger partial charge in [0, 0.05) is 6.92 Å². The number of ether oxygens (including phenoxy) is 7. The van der Waals surface area contributed by atoms with E-state index in [1.54, 1.807) is 54.6 Å². The highest BCUT2D eigenvalue weighted by molar-refractivity contribution is 14.1. The Labute approximate surface area is 346 Å². The maximum Gasteiger partial charge on any atom is 0.338 e. The van der Waals surface area contributed by atoms with E-state index in [0.717, 1.165) is 0 Å². The van der Waals surface area contributed by atoms with Gasteiger partial charge in [0.05, 0.1) is 33.3 Å². The summed E-state index contributed by atoms with van der Waals surface area (Å²) in [4.78, 5) is 52.5. The Hall–Kier alpha value is -3.75.